The summed E-state index contributed by atoms with van der Waals surface area (Å²) in [6, 6.07) is 9.45. The van der Waals surface area contributed by atoms with Crippen LogP contribution in [0, 0.1) is 0 Å². The van der Waals surface area contributed by atoms with Gasteiger partial charge in [0.2, 0.25) is 5.91 Å². The molecular formula is C15H20N4O2. The lowest BCUT2D eigenvalue weighted by molar-refractivity contribution is -0.122. The lowest BCUT2D eigenvalue weighted by atomic mass is 10.1. The smallest absolute Gasteiger partial charge is 0.241 e. The number of benzene rings is 1. The van der Waals surface area contributed by atoms with Crippen molar-refractivity contribution >= 4 is 11.7 Å². The van der Waals surface area contributed by atoms with Gasteiger partial charge in [-0.15, -0.1) is 0 Å². The van der Waals surface area contributed by atoms with Gasteiger partial charge in [-0.25, -0.2) is 0 Å². The first-order chi connectivity index (χ1) is 10.1. The van der Waals surface area contributed by atoms with Crippen LogP contribution in [0.15, 0.2) is 36.5 Å². The number of ether oxygens (including phenoxy) is 1. The molecule has 0 saturated carbocycles. The number of nitrogens with one attached hydrogen (secondary N) is 1. The van der Waals surface area contributed by atoms with Crippen LogP contribution in [0.2, 0.25) is 0 Å². The summed E-state index contributed by atoms with van der Waals surface area (Å²) in [6.45, 7) is 2.12. The topological polar surface area (TPSA) is 82.2 Å². The molecule has 0 radical (unpaired) electrons. The zero-order chi connectivity index (χ0) is 15.2. The van der Waals surface area contributed by atoms with Gasteiger partial charge in [-0.1, -0.05) is 18.2 Å². The number of amides is 1. The van der Waals surface area contributed by atoms with Crippen molar-refractivity contribution < 1.29 is 9.53 Å². The minimum Gasteiger partial charge on any atom is -0.496 e. The van der Waals surface area contributed by atoms with E-state index < -0.39 is 0 Å². The van der Waals surface area contributed by atoms with Crippen LogP contribution in [0.3, 0.4) is 0 Å². The Morgan fingerprint density at radius 1 is 1.43 bits per heavy atom. The molecule has 1 aromatic carbocycles. The molecule has 6 nitrogen and oxygen atoms in total. The number of carbonyl (C=O) groups excluding carboxylic acids is 1. The summed E-state index contributed by atoms with van der Waals surface area (Å²) in [6.07, 6.45) is 2.39. The number of nitrogen functional groups attached to an aromatic ring is 1. The molecule has 0 fully saturated rings. The van der Waals surface area contributed by atoms with Gasteiger partial charge in [0.1, 0.15) is 18.1 Å². The van der Waals surface area contributed by atoms with E-state index in [0.717, 1.165) is 11.3 Å². The summed E-state index contributed by atoms with van der Waals surface area (Å²) < 4.78 is 6.82. The van der Waals surface area contributed by atoms with Crippen molar-refractivity contribution in [1.29, 1.82) is 0 Å². The summed E-state index contributed by atoms with van der Waals surface area (Å²) in [7, 11) is 1.64. The molecule has 0 aliphatic heterocycles. The Bertz CT molecular complexity index is 609. The summed E-state index contributed by atoms with van der Waals surface area (Å²) in [4.78, 5) is 11.9. The van der Waals surface area contributed by atoms with Crippen molar-refractivity contribution in [3.8, 4) is 5.75 Å². The zero-order valence-corrected chi connectivity index (χ0v) is 12.2. The van der Waals surface area contributed by atoms with E-state index in [1.54, 1.807) is 19.4 Å². The minimum atomic E-state index is -0.0968. The standard InChI is InChI=1S/C15H20N4O2/c1-11(9-12-5-3-4-6-13(12)21-2)17-15(20)10-19-8-7-14(16)18-19/h3-8,11H,9-10H2,1-2H3,(H2,16,18)(H,17,20). The molecule has 3 N–H and O–H groups in total. The number of methoxy groups -OCH3 is 1. The van der Waals surface area contributed by atoms with Crippen LogP contribution in [0.25, 0.3) is 0 Å². The lowest BCUT2D eigenvalue weighted by Gasteiger charge is -2.16. The molecule has 0 bridgehead atoms. The van der Waals surface area contributed by atoms with Crippen LogP contribution < -0.4 is 15.8 Å². The van der Waals surface area contributed by atoms with Crippen molar-refractivity contribution in [1.82, 2.24) is 15.1 Å². The highest BCUT2D eigenvalue weighted by Gasteiger charge is 2.11. The number of hydrogen-bond acceptors (Lipinski definition) is 4. The molecule has 0 saturated heterocycles. The summed E-state index contributed by atoms with van der Waals surface area (Å²) >= 11 is 0. The van der Waals surface area contributed by atoms with E-state index in [9.17, 15) is 4.79 Å². The Morgan fingerprint density at radius 2 is 2.19 bits per heavy atom. The second-order valence-electron chi connectivity index (χ2n) is 4.92. The van der Waals surface area contributed by atoms with Crippen molar-refractivity contribution in [2.45, 2.75) is 25.9 Å². The molecular weight excluding hydrogens is 268 g/mol. The van der Waals surface area contributed by atoms with Crippen LogP contribution >= 0.6 is 0 Å². The predicted molar refractivity (Wildman–Crippen MR) is 80.9 cm³/mol. The fourth-order valence-corrected chi connectivity index (χ4v) is 2.19. The molecule has 6 heteroatoms. The molecule has 1 unspecified atom stereocenters. The van der Waals surface area contributed by atoms with E-state index in [4.69, 9.17) is 10.5 Å². The number of anilines is 1. The molecule has 0 aliphatic carbocycles. The van der Waals surface area contributed by atoms with E-state index in [1.165, 1.54) is 4.68 Å². The number of para-hydroxylation sites is 1. The first-order valence-corrected chi connectivity index (χ1v) is 6.78. The SMILES string of the molecule is COc1ccccc1CC(C)NC(=O)Cn1ccc(N)n1. The third-order valence-electron chi connectivity index (χ3n) is 3.09. The average Bonchev–Trinajstić information content (AvgIpc) is 2.84. The molecule has 1 amide bonds. The van der Waals surface area contributed by atoms with E-state index in [2.05, 4.69) is 10.4 Å². The van der Waals surface area contributed by atoms with Gasteiger partial charge in [-0.2, -0.15) is 5.10 Å². The normalized spacial score (nSPS) is 11.9. The number of carbonyl (C=O) groups is 1. The number of rotatable bonds is 6. The Balaban J connectivity index is 1.89. The Hall–Kier alpha value is -2.50. The van der Waals surface area contributed by atoms with Crippen molar-refractivity contribution in [2.24, 2.45) is 0 Å². The number of nitrogens with two attached hydrogens (primary N) is 1. The Labute approximate surface area is 123 Å². The van der Waals surface area contributed by atoms with Gasteiger partial charge in [0.05, 0.1) is 7.11 Å². The monoisotopic (exact) mass is 288 g/mol. The zero-order valence-electron chi connectivity index (χ0n) is 12.2. The fraction of sp³-hybridized carbons (Fsp3) is 0.333. The second-order valence-corrected chi connectivity index (χ2v) is 4.92. The molecule has 112 valence electrons. The van der Waals surface area contributed by atoms with E-state index >= 15 is 0 Å². The second kappa shape index (κ2) is 6.78. The highest BCUT2D eigenvalue weighted by molar-refractivity contribution is 5.76. The van der Waals surface area contributed by atoms with Crippen molar-refractivity contribution in [3.63, 3.8) is 0 Å². The highest BCUT2D eigenvalue weighted by Crippen LogP contribution is 2.18. The van der Waals surface area contributed by atoms with Gasteiger partial charge < -0.3 is 15.8 Å². The number of nitrogens with zero attached hydrogens (tertiary/aromatic N) is 2. The van der Waals surface area contributed by atoms with E-state index in [-0.39, 0.29) is 18.5 Å². The lowest BCUT2D eigenvalue weighted by Crippen LogP contribution is -2.36. The number of aromatic nitrogens is 2. The molecule has 0 spiro atoms. The van der Waals surface area contributed by atoms with E-state index in [1.807, 2.05) is 31.2 Å². The fourth-order valence-electron chi connectivity index (χ4n) is 2.19. The summed E-state index contributed by atoms with van der Waals surface area (Å²) in [5.41, 5.74) is 6.58. The average molecular weight is 288 g/mol. The summed E-state index contributed by atoms with van der Waals surface area (Å²) in [5.74, 6) is 1.14. The van der Waals surface area contributed by atoms with Gasteiger partial charge in [0, 0.05) is 12.2 Å². The van der Waals surface area contributed by atoms with Gasteiger partial charge >= 0.3 is 0 Å². The summed E-state index contributed by atoms with van der Waals surface area (Å²) in [5, 5.41) is 6.92. The van der Waals surface area contributed by atoms with Gasteiger partial charge in [-0.3, -0.25) is 9.48 Å². The molecule has 2 rings (SSSR count). The van der Waals surface area contributed by atoms with Crippen LogP contribution in [0.4, 0.5) is 5.82 Å². The van der Waals surface area contributed by atoms with Crippen LogP contribution in [0.5, 0.6) is 5.75 Å². The molecule has 1 aromatic heterocycles. The molecule has 1 heterocycles. The van der Waals surface area contributed by atoms with E-state index in [0.29, 0.717) is 12.2 Å². The number of hydrogen-bond donors (Lipinski definition) is 2. The first kappa shape index (κ1) is 14.9. The maximum atomic E-state index is 11.9. The van der Waals surface area contributed by atoms with Gasteiger partial charge in [0.25, 0.3) is 0 Å². The third kappa shape index (κ3) is 4.24. The highest BCUT2D eigenvalue weighted by atomic mass is 16.5. The third-order valence-corrected chi connectivity index (χ3v) is 3.09. The van der Waals surface area contributed by atoms with Gasteiger partial charge in [0.15, 0.2) is 0 Å². The van der Waals surface area contributed by atoms with Crippen LogP contribution in [-0.2, 0) is 17.8 Å². The minimum absolute atomic E-state index is 0.00158. The van der Waals surface area contributed by atoms with Gasteiger partial charge in [-0.05, 0) is 31.0 Å². The molecule has 21 heavy (non-hydrogen) atoms. The Morgan fingerprint density at radius 3 is 2.86 bits per heavy atom. The van der Waals surface area contributed by atoms with Crippen LogP contribution in [-0.4, -0.2) is 28.8 Å². The van der Waals surface area contributed by atoms with Crippen molar-refractivity contribution in [2.75, 3.05) is 12.8 Å². The van der Waals surface area contributed by atoms with Crippen LogP contribution in [0.1, 0.15) is 12.5 Å². The Kier molecular flexibility index (Phi) is 4.81. The quantitative estimate of drug-likeness (QED) is 0.837. The molecule has 2 aromatic rings. The maximum Gasteiger partial charge on any atom is 0.241 e. The first-order valence-electron chi connectivity index (χ1n) is 6.78. The molecule has 0 aliphatic rings. The van der Waals surface area contributed by atoms with Crippen molar-refractivity contribution in [3.05, 3.63) is 42.1 Å². The maximum absolute atomic E-state index is 11.9. The molecule has 1 atom stereocenters. The predicted octanol–water partition coefficient (Wildman–Crippen LogP) is 1.22. The largest absolute Gasteiger partial charge is 0.496 e.